The maximum atomic E-state index is 5.44. The van der Waals surface area contributed by atoms with Gasteiger partial charge >= 0.3 is 0 Å². The normalized spacial score (nSPS) is 22.4. The smallest absolute Gasteiger partial charge is 0.0704 e. The van der Waals surface area contributed by atoms with Gasteiger partial charge in [-0.15, -0.1) is 11.3 Å². The topological polar surface area (TPSA) is 21.3 Å². The molecule has 1 N–H and O–H groups in total. The fraction of sp³-hybridized carbons (Fsp3) is 0.500. The van der Waals surface area contributed by atoms with Gasteiger partial charge in [-0.3, -0.25) is 0 Å². The van der Waals surface area contributed by atoms with Gasteiger partial charge in [-0.05, 0) is 47.5 Å². The van der Waals surface area contributed by atoms with Crippen molar-refractivity contribution in [1.29, 1.82) is 0 Å². The molecule has 2 rings (SSSR count). The van der Waals surface area contributed by atoms with Gasteiger partial charge in [0.2, 0.25) is 0 Å². The number of ether oxygens (including phenoxy) is 1. The van der Waals surface area contributed by atoms with E-state index in [1.54, 1.807) is 11.3 Å². The van der Waals surface area contributed by atoms with Crippen LogP contribution in [0.25, 0.3) is 6.08 Å². The standard InChI is InChI=1S/C12H16BrNOS/c1-9(6-10-8-15-5-4-14-10)7-11-2-3-12(13)16-11/h2-3,7,10,14H,4-6,8H2,1H3/b9-7-. The van der Waals surface area contributed by atoms with Gasteiger partial charge in [0, 0.05) is 17.5 Å². The summed E-state index contributed by atoms with van der Waals surface area (Å²) >= 11 is 5.24. The summed E-state index contributed by atoms with van der Waals surface area (Å²) < 4.78 is 6.63. The lowest BCUT2D eigenvalue weighted by atomic mass is 10.1. The molecule has 1 aliphatic heterocycles. The molecular formula is C12H16BrNOS. The molecule has 0 radical (unpaired) electrons. The molecule has 1 aliphatic rings. The molecule has 1 aromatic rings. The summed E-state index contributed by atoms with van der Waals surface area (Å²) in [6, 6.07) is 4.71. The average molecular weight is 302 g/mol. The Kier molecular flexibility index (Phi) is 4.58. The van der Waals surface area contributed by atoms with E-state index in [0.29, 0.717) is 6.04 Å². The minimum atomic E-state index is 0.480. The van der Waals surface area contributed by atoms with Crippen LogP contribution in [0, 0.1) is 0 Å². The Morgan fingerprint density at radius 1 is 1.69 bits per heavy atom. The molecule has 1 saturated heterocycles. The number of thiophene rings is 1. The van der Waals surface area contributed by atoms with E-state index in [1.165, 1.54) is 14.2 Å². The van der Waals surface area contributed by atoms with Crippen molar-refractivity contribution in [3.8, 4) is 0 Å². The largest absolute Gasteiger partial charge is 0.379 e. The second-order valence-corrected chi connectivity index (χ2v) is 6.56. The van der Waals surface area contributed by atoms with Crippen LogP contribution in [-0.4, -0.2) is 25.8 Å². The van der Waals surface area contributed by atoms with Crippen molar-refractivity contribution in [1.82, 2.24) is 5.32 Å². The molecule has 0 aromatic carbocycles. The number of rotatable bonds is 3. The zero-order valence-electron chi connectivity index (χ0n) is 9.33. The Bertz CT molecular complexity index is 369. The van der Waals surface area contributed by atoms with Crippen molar-refractivity contribution in [2.75, 3.05) is 19.8 Å². The van der Waals surface area contributed by atoms with Crippen molar-refractivity contribution in [3.05, 3.63) is 26.4 Å². The molecule has 0 spiro atoms. The van der Waals surface area contributed by atoms with E-state index in [9.17, 15) is 0 Å². The lowest BCUT2D eigenvalue weighted by molar-refractivity contribution is 0.0771. The zero-order valence-corrected chi connectivity index (χ0v) is 11.7. The number of hydrogen-bond acceptors (Lipinski definition) is 3. The van der Waals surface area contributed by atoms with E-state index < -0.39 is 0 Å². The van der Waals surface area contributed by atoms with E-state index in [0.717, 1.165) is 26.2 Å². The Morgan fingerprint density at radius 3 is 3.19 bits per heavy atom. The van der Waals surface area contributed by atoms with Gasteiger partial charge < -0.3 is 10.1 Å². The van der Waals surface area contributed by atoms with Gasteiger partial charge in [0.15, 0.2) is 0 Å². The van der Waals surface area contributed by atoms with Crippen LogP contribution >= 0.6 is 27.3 Å². The maximum absolute atomic E-state index is 5.44. The number of halogens is 1. The van der Waals surface area contributed by atoms with Gasteiger partial charge in [0.05, 0.1) is 17.0 Å². The van der Waals surface area contributed by atoms with Crippen LogP contribution in [0.5, 0.6) is 0 Å². The van der Waals surface area contributed by atoms with Crippen LogP contribution in [-0.2, 0) is 4.74 Å². The van der Waals surface area contributed by atoms with Crippen LogP contribution in [0.2, 0.25) is 0 Å². The van der Waals surface area contributed by atoms with E-state index in [1.807, 2.05) is 0 Å². The SMILES string of the molecule is C/C(=C/c1ccc(Br)s1)CC1COCCN1. The monoisotopic (exact) mass is 301 g/mol. The fourth-order valence-corrected chi connectivity index (χ4v) is 3.30. The van der Waals surface area contributed by atoms with Crippen LogP contribution in [0.3, 0.4) is 0 Å². The summed E-state index contributed by atoms with van der Waals surface area (Å²) in [5.74, 6) is 0. The van der Waals surface area contributed by atoms with Gasteiger partial charge in [0.1, 0.15) is 0 Å². The number of morpholine rings is 1. The second-order valence-electron chi connectivity index (χ2n) is 4.06. The first-order valence-electron chi connectivity index (χ1n) is 5.47. The van der Waals surface area contributed by atoms with Gasteiger partial charge in [0.25, 0.3) is 0 Å². The summed E-state index contributed by atoms with van der Waals surface area (Å²) in [4.78, 5) is 1.31. The van der Waals surface area contributed by atoms with E-state index >= 15 is 0 Å². The first kappa shape index (κ1) is 12.3. The number of hydrogen-bond donors (Lipinski definition) is 1. The van der Waals surface area contributed by atoms with Crippen LogP contribution in [0.4, 0.5) is 0 Å². The van der Waals surface area contributed by atoms with Crippen molar-refractivity contribution in [2.45, 2.75) is 19.4 Å². The fourth-order valence-electron chi connectivity index (χ4n) is 1.85. The average Bonchev–Trinajstić information content (AvgIpc) is 2.65. The molecule has 4 heteroatoms. The Labute approximate surface area is 109 Å². The van der Waals surface area contributed by atoms with Crippen molar-refractivity contribution < 1.29 is 4.74 Å². The maximum Gasteiger partial charge on any atom is 0.0704 e. The highest BCUT2D eigenvalue weighted by molar-refractivity contribution is 9.11. The predicted molar refractivity (Wildman–Crippen MR) is 72.9 cm³/mol. The van der Waals surface area contributed by atoms with E-state index in [4.69, 9.17) is 4.74 Å². The minimum absolute atomic E-state index is 0.480. The Morgan fingerprint density at radius 2 is 2.56 bits per heavy atom. The molecule has 16 heavy (non-hydrogen) atoms. The molecule has 0 aliphatic carbocycles. The van der Waals surface area contributed by atoms with Gasteiger partial charge in [-0.1, -0.05) is 5.57 Å². The van der Waals surface area contributed by atoms with Crippen molar-refractivity contribution in [2.24, 2.45) is 0 Å². The van der Waals surface area contributed by atoms with Gasteiger partial charge in [-0.2, -0.15) is 0 Å². The molecule has 1 fully saturated rings. The summed E-state index contributed by atoms with van der Waals surface area (Å²) in [6.07, 6.45) is 3.32. The Hall–Kier alpha value is -0.160. The molecule has 0 bridgehead atoms. The summed E-state index contributed by atoms with van der Waals surface area (Å²) in [5.41, 5.74) is 1.40. The van der Waals surface area contributed by atoms with Crippen molar-refractivity contribution >= 4 is 33.3 Å². The summed E-state index contributed by atoms with van der Waals surface area (Å²) in [6.45, 7) is 4.84. The van der Waals surface area contributed by atoms with Crippen molar-refractivity contribution in [3.63, 3.8) is 0 Å². The quantitative estimate of drug-likeness (QED) is 0.925. The zero-order chi connectivity index (χ0) is 11.4. The predicted octanol–water partition coefficient (Wildman–Crippen LogP) is 3.29. The molecule has 2 heterocycles. The van der Waals surface area contributed by atoms with Crippen LogP contribution in [0.15, 0.2) is 21.5 Å². The summed E-state index contributed by atoms with van der Waals surface area (Å²) in [5, 5.41) is 3.47. The molecule has 2 nitrogen and oxygen atoms in total. The Balaban J connectivity index is 1.91. The molecule has 88 valence electrons. The summed E-state index contributed by atoms with van der Waals surface area (Å²) in [7, 11) is 0. The molecule has 1 atom stereocenters. The van der Waals surface area contributed by atoms with Gasteiger partial charge in [-0.25, -0.2) is 0 Å². The molecule has 0 amide bonds. The van der Waals surface area contributed by atoms with E-state index in [-0.39, 0.29) is 0 Å². The first-order chi connectivity index (χ1) is 7.74. The molecule has 1 aromatic heterocycles. The molecular weight excluding hydrogens is 286 g/mol. The van der Waals surface area contributed by atoms with Crippen LogP contribution in [0.1, 0.15) is 18.2 Å². The third-order valence-electron chi connectivity index (χ3n) is 2.55. The highest BCUT2D eigenvalue weighted by atomic mass is 79.9. The third kappa shape index (κ3) is 3.70. The first-order valence-corrected chi connectivity index (χ1v) is 7.08. The minimum Gasteiger partial charge on any atom is -0.379 e. The molecule has 1 unspecified atom stereocenters. The van der Waals surface area contributed by atoms with E-state index in [2.05, 4.69) is 46.4 Å². The number of nitrogens with one attached hydrogen (secondary N) is 1. The second kappa shape index (κ2) is 5.96. The third-order valence-corrected chi connectivity index (χ3v) is 4.12. The lowest BCUT2D eigenvalue weighted by Gasteiger charge is -2.23. The lowest BCUT2D eigenvalue weighted by Crippen LogP contribution is -2.41. The van der Waals surface area contributed by atoms with Crippen LogP contribution < -0.4 is 5.32 Å². The molecule has 0 saturated carbocycles. The highest BCUT2D eigenvalue weighted by Crippen LogP contribution is 2.24. The highest BCUT2D eigenvalue weighted by Gasteiger charge is 2.12.